The molecule has 2 aromatic rings. The molecule has 2 rings (SSSR count). The van der Waals surface area contributed by atoms with Gasteiger partial charge in [-0.15, -0.1) is 0 Å². The summed E-state index contributed by atoms with van der Waals surface area (Å²) in [6, 6.07) is 6.39. The third-order valence-corrected chi connectivity index (χ3v) is 3.85. The SMILES string of the molecule is CC(N)C(Sc1cnccn1)c1cccc(F)c1. The first-order chi connectivity index (χ1) is 8.66. The van der Waals surface area contributed by atoms with Crippen LogP contribution in [0, 0.1) is 5.82 Å². The molecule has 94 valence electrons. The number of thioether (sulfide) groups is 1. The Morgan fingerprint density at radius 3 is 2.78 bits per heavy atom. The van der Waals surface area contributed by atoms with E-state index in [0.717, 1.165) is 10.6 Å². The van der Waals surface area contributed by atoms with E-state index in [9.17, 15) is 4.39 Å². The normalized spacial score (nSPS) is 14.2. The van der Waals surface area contributed by atoms with Gasteiger partial charge in [0, 0.05) is 18.4 Å². The first-order valence-electron chi connectivity index (χ1n) is 5.60. The lowest BCUT2D eigenvalue weighted by Gasteiger charge is -2.20. The van der Waals surface area contributed by atoms with Gasteiger partial charge >= 0.3 is 0 Å². The molecule has 1 aromatic heterocycles. The van der Waals surface area contributed by atoms with Gasteiger partial charge < -0.3 is 5.73 Å². The van der Waals surface area contributed by atoms with E-state index in [2.05, 4.69) is 9.97 Å². The Morgan fingerprint density at radius 1 is 1.33 bits per heavy atom. The molecule has 2 unspecified atom stereocenters. The highest BCUT2D eigenvalue weighted by Gasteiger charge is 2.18. The van der Waals surface area contributed by atoms with Gasteiger partial charge in [-0.2, -0.15) is 0 Å². The maximum atomic E-state index is 13.3. The molecule has 0 radical (unpaired) electrons. The number of hydrogen-bond donors (Lipinski definition) is 1. The van der Waals surface area contributed by atoms with Crippen molar-refractivity contribution in [3.63, 3.8) is 0 Å². The van der Waals surface area contributed by atoms with E-state index in [4.69, 9.17) is 5.73 Å². The molecule has 1 aromatic carbocycles. The summed E-state index contributed by atoms with van der Waals surface area (Å²) >= 11 is 1.49. The van der Waals surface area contributed by atoms with Gasteiger partial charge in [-0.05, 0) is 24.6 Å². The van der Waals surface area contributed by atoms with Crippen LogP contribution in [0.3, 0.4) is 0 Å². The van der Waals surface area contributed by atoms with Gasteiger partial charge in [-0.1, -0.05) is 23.9 Å². The fraction of sp³-hybridized carbons (Fsp3) is 0.231. The van der Waals surface area contributed by atoms with Crippen LogP contribution in [0.4, 0.5) is 4.39 Å². The van der Waals surface area contributed by atoms with Gasteiger partial charge in [0.05, 0.1) is 11.4 Å². The lowest BCUT2D eigenvalue weighted by molar-refractivity contribution is 0.621. The average molecular weight is 263 g/mol. The monoisotopic (exact) mass is 263 g/mol. The summed E-state index contributed by atoms with van der Waals surface area (Å²) in [4.78, 5) is 8.21. The molecule has 0 aliphatic carbocycles. The lowest BCUT2D eigenvalue weighted by Crippen LogP contribution is -2.22. The predicted molar refractivity (Wildman–Crippen MR) is 70.7 cm³/mol. The lowest BCUT2D eigenvalue weighted by atomic mass is 10.1. The van der Waals surface area contributed by atoms with Crippen molar-refractivity contribution in [3.05, 3.63) is 54.2 Å². The van der Waals surface area contributed by atoms with E-state index in [-0.39, 0.29) is 17.1 Å². The maximum absolute atomic E-state index is 13.3. The smallest absolute Gasteiger partial charge is 0.123 e. The predicted octanol–water partition coefficient (Wildman–Crippen LogP) is 2.80. The van der Waals surface area contributed by atoms with Crippen molar-refractivity contribution in [2.75, 3.05) is 0 Å². The summed E-state index contributed by atoms with van der Waals surface area (Å²) < 4.78 is 13.3. The summed E-state index contributed by atoms with van der Waals surface area (Å²) in [5.74, 6) is -0.252. The number of aromatic nitrogens is 2. The van der Waals surface area contributed by atoms with E-state index in [1.54, 1.807) is 24.7 Å². The zero-order chi connectivity index (χ0) is 13.0. The van der Waals surface area contributed by atoms with E-state index >= 15 is 0 Å². The number of rotatable bonds is 4. The number of nitrogens with two attached hydrogens (primary N) is 1. The highest BCUT2D eigenvalue weighted by atomic mass is 32.2. The molecule has 0 amide bonds. The molecule has 0 aliphatic heterocycles. The van der Waals surface area contributed by atoms with Gasteiger partial charge in [0.1, 0.15) is 10.8 Å². The second-order valence-electron chi connectivity index (χ2n) is 4.00. The van der Waals surface area contributed by atoms with Crippen LogP contribution < -0.4 is 5.73 Å². The van der Waals surface area contributed by atoms with Crippen LogP contribution in [0.5, 0.6) is 0 Å². The first-order valence-corrected chi connectivity index (χ1v) is 6.48. The molecule has 1 heterocycles. The topological polar surface area (TPSA) is 51.8 Å². The summed E-state index contributed by atoms with van der Waals surface area (Å²) in [6.45, 7) is 1.90. The van der Waals surface area contributed by atoms with Crippen LogP contribution in [0.1, 0.15) is 17.7 Å². The van der Waals surface area contributed by atoms with Crippen molar-refractivity contribution >= 4 is 11.8 Å². The van der Waals surface area contributed by atoms with Gasteiger partial charge in [0.15, 0.2) is 0 Å². The third-order valence-electron chi connectivity index (χ3n) is 2.44. The fourth-order valence-corrected chi connectivity index (χ4v) is 2.64. The van der Waals surface area contributed by atoms with Crippen molar-refractivity contribution < 1.29 is 4.39 Å². The summed E-state index contributed by atoms with van der Waals surface area (Å²) in [7, 11) is 0. The second-order valence-corrected chi connectivity index (χ2v) is 5.16. The molecular formula is C13H14FN3S. The Balaban J connectivity index is 2.24. The second kappa shape index (κ2) is 5.93. The Kier molecular flexibility index (Phi) is 4.28. The molecule has 5 heteroatoms. The van der Waals surface area contributed by atoms with Crippen molar-refractivity contribution in [1.82, 2.24) is 9.97 Å². The van der Waals surface area contributed by atoms with Crippen LogP contribution in [0.25, 0.3) is 0 Å². The molecule has 18 heavy (non-hydrogen) atoms. The van der Waals surface area contributed by atoms with E-state index in [1.807, 2.05) is 13.0 Å². The summed E-state index contributed by atoms with van der Waals surface area (Å²) in [5, 5.41) is 0.737. The number of nitrogens with zero attached hydrogens (tertiary/aromatic N) is 2. The van der Waals surface area contributed by atoms with Gasteiger partial charge in [0.2, 0.25) is 0 Å². The van der Waals surface area contributed by atoms with Crippen molar-refractivity contribution in [3.8, 4) is 0 Å². The van der Waals surface area contributed by atoms with E-state index in [0.29, 0.717) is 0 Å². The van der Waals surface area contributed by atoms with E-state index in [1.165, 1.54) is 23.9 Å². The highest BCUT2D eigenvalue weighted by Crippen LogP contribution is 2.35. The van der Waals surface area contributed by atoms with Crippen LogP contribution >= 0.6 is 11.8 Å². The third kappa shape index (κ3) is 3.27. The molecule has 0 spiro atoms. The quantitative estimate of drug-likeness (QED) is 0.862. The molecule has 0 saturated carbocycles. The molecule has 0 bridgehead atoms. The zero-order valence-electron chi connectivity index (χ0n) is 9.95. The standard InChI is InChI=1S/C13H14FN3S/c1-9(15)13(10-3-2-4-11(14)7-10)18-12-8-16-5-6-17-12/h2-9,13H,15H2,1H3. The van der Waals surface area contributed by atoms with Gasteiger partial charge in [0.25, 0.3) is 0 Å². The fourth-order valence-electron chi connectivity index (χ4n) is 1.64. The minimum Gasteiger partial charge on any atom is -0.327 e. The molecule has 0 saturated heterocycles. The van der Waals surface area contributed by atoms with Crippen molar-refractivity contribution in [2.24, 2.45) is 5.73 Å². The van der Waals surface area contributed by atoms with Crippen molar-refractivity contribution in [1.29, 1.82) is 0 Å². The number of hydrogen-bond acceptors (Lipinski definition) is 4. The van der Waals surface area contributed by atoms with Crippen LogP contribution in [0.2, 0.25) is 0 Å². The maximum Gasteiger partial charge on any atom is 0.123 e. The van der Waals surface area contributed by atoms with E-state index < -0.39 is 0 Å². The molecule has 2 atom stereocenters. The number of halogens is 1. The minimum atomic E-state index is -0.252. The highest BCUT2D eigenvalue weighted by molar-refractivity contribution is 7.99. The minimum absolute atomic E-state index is 0.0441. The molecule has 3 nitrogen and oxygen atoms in total. The Labute approximate surface area is 110 Å². The summed E-state index contributed by atoms with van der Waals surface area (Å²) in [6.07, 6.45) is 4.93. The Morgan fingerprint density at radius 2 is 2.17 bits per heavy atom. The Bertz CT molecular complexity index is 505. The van der Waals surface area contributed by atoms with Crippen LogP contribution in [0.15, 0.2) is 47.9 Å². The molecule has 2 N–H and O–H groups in total. The average Bonchev–Trinajstić information content (AvgIpc) is 2.37. The zero-order valence-corrected chi connectivity index (χ0v) is 10.8. The molecule has 0 fully saturated rings. The Hall–Kier alpha value is -1.46. The summed E-state index contributed by atoms with van der Waals surface area (Å²) in [5.41, 5.74) is 6.84. The van der Waals surface area contributed by atoms with Crippen LogP contribution in [-0.4, -0.2) is 16.0 Å². The molecular weight excluding hydrogens is 249 g/mol. The van der Waals surface area contributed by atoms with Gasteiger partial charge in [-0.3, -0.25) is 4.98 Å². The molecule has 0 aliphatic rings. The van der Waals surface area contributed by atoms with Crippen LogP contribution in [-0.2, 0) is 0 Å². The first kappa shape index (κ1) is 13.0. The van der Waals surface area contributed by atoms with Crippen molar-refractivity contribution in [2.45, 2.75) is 23.2 Å². The number of benzene rings is 1. The van der Waals surface area contributed by atoms with Gasteiger partial charge in [-0.25, -0.2) is 9.37 Å². The largest absolute Gasteiger partial charge is 0.327 e.